The van der Waals surface area contributed by atoms with Gasteiger partial charge in [0.1, 0.15) is 5.75 Å². The highest BCUT2D eigenvalue weighted by Gasteiger charge is 2.11. The normalized spacial score (nSPS) is 10.2. The number of amides is 1. The number of hydrogen-bond donors (Lipinski definition) is 3. The Hall–Kier alpha value is -2.69. The van der Waals surface area contributed by atoms with Gasteiger partial charge in [0.25, 0.3) is 5.91 Å². The lowest BCUT2D eigenvalue weighted by Gasteiger charge is -2.13. The van der Waals surface area contributed by atoms with E-state index in [1.165, 1.54) is 0 Å². The van der Waals surface area contributed by atoms with E-state index in [1.54, 1.807) is 12.1 Å². The Labute approximate surface area is 136 Å². The molecule has 0 radical (unpaired) electrons. The van der Waals surface area contributed by atoms with E-state index in [4.69, 9.17) is 10.5 Å². The predicted octanol–water partition coefficient (Wildman–Crippen LogP) is 3.55. The lowest BCUT2D eigenvalue weighted by molar-refractivity contribution is 0.0954. The molecule has 1 amide bonds. The van der Waals surface area contributed by atoms with Crippen LogP contribution in [-0.4, -0.2) is 19.1 Å². The molecule has 2 aromatic carbocycles. The molecule has 23 heavy (non-hydrogen) atoms. The Morgan fingerprint density at radius 1 is 1.13 bits per heavy atom. The van der Waals surface area contributed by atoms with Gasteiger partial charge >= 0.3 is 0 Å². The predicted molar refractivity (Wildman–Crippen MR) is 94.4 cm³/mol. The van der Waals surface area contributed by atoms with Gasteiger partial charge in [0.2, 0.25) is 0 Å². The molecule has 0 spiro atoms. The lowest BCUT2D eigenvalue weighted by atomic mass is 10.1. The van der Waals surface area contributed by atoms with Crippen molar-refractivity contribution in [2.45, 2.75) is 20.3 Å². The molecular weight excluding hydrogens is 290 g/mol. The summed E-state index contributed by atoms with van der Waals surface area (Å²) in [5.41, 5.74) is 8.51. The summed E-state index contributed by atoms with van der Waals surface area (Å²) in [6, 6.07) is 12.9. The van der Waals surface area contributed by atoms with E-state index in [2.05, 4.69) is 10.6 Å². The zero-order valence-electron chi connectivity index (χ0n) is 13.6. The molecule has 0 aliphatic carbocycles. The number of carbonyl (C=O) groups is 1. The average Bonchev–Trinajstić information content (AvgIpc) is 2.56. The van der Waals surface area contributed by atoms with Crippen LogP contribution < -0.4 is 21.1 Å². The first-order valence-corrected chi connectivity index (χ1v) is 7.81. The van der Waals surface area contributed by atoms with Gasteiger partial charge in [-0.15, -0.1) is 0 Å². The van der Waals surface area contributed by atoms with Gasteiger partial charge in [-0.25, -0.2) is 0 Å². The number of rotatable bonds is 7. The summed E-state index contributed by atoms with van der Waals surface area (Å²) in [5, 5.41) is 6.13. The van der Waals surface area contributed by atoms with Crippen LogP contribution in [-0.2, 0) is 0 Å². The van der Waals surface area contributed by atoms with Crippen LogP contribution in [0, 0.1) is 0 Å². The first-order chi connectivity index (χ1) is 11.1. The Morgan fingerprint density at radius 3 is 2.52 bits per heavy atom. The minimum absolute atomic E-state index is 0.132. The number of hydrogen-bond acceptors (Lipinski definition) is 4. The van der Waals surface area contributed by atoms with E-state index >= 15 is 0 Å². The molecule has 0 fully saturated rings. The molecule has 0 bridgehead atoms. The minimum Gasteiger partial charge on any atom is -0.494 e. The standard InChI is InChI=1S/C18H23N3O2/c1-3-11-20-18(22)16-12-13(19)5-10-17(16)21-14-6-8-15(9-7-14)23-4-2/h5-10,12,21H,3-4,11,19H2,1-2H3,(H,20,22). The van der Waals surface area contributed by atoms with Gasteiger partial charge in [-0.2, -0.15) is 0 Å². The maximum atomic E-state index is 12.3. The third kappa shape index (κ3) is 4.64. The van der Waals surface area contributed by atoms with Crippen molar-refractivity contribution in [1.29, 1.82) is 0 Å². The second kappa shape index (κ2) is 8.08. The van der Waals surface area contributed by atoms with E-state index in [0.717, 1.165) is 23.5 Å². The first kappa shape index (κ1) is 16.7. The largest absolute Gasteiger partial charge is 0.494 e. The van der Waals surface area contributed by atoms with Gasteiger partial charge in [-0.1, -0.05) is 6.92 Å². The van der Waals surface area contributed by atoms with Crippen molar-refractivity contribution in [2.24, 2.45) is 0 Å². The highest BCUT2D eigenvalue weighted by molar-refractivity contribution is 6.01. The lowest BCUT2D eigenvalue weighted by Crippen LogP contribution is -2.24. The smallest absolute Gasteiger partial charge is 0.253 e. The van der Waals surface area contributed by atoms with Crippen molar-refractivity contribution >= 4 is 23.0 Å². The maximum absolute atomic E-state index is 12.3. The zero-order valence-corrected chi connectivity index (χ0v) is 13.6. The van der Waals surface area contributed by atoms with Crippen molar-refractivity contribution in [1.82, 2.24) is 5.32 Å². The fourth-order valence-electron chi connectivity index (χ4n) is 2.15. The number of ether oxygens (including phenoxy) is 1. The molecule has 0 unspecified atom stereocenters. The summed E-state index contributed by atoms with van der Waals surface area (Å²) in [6.07, 6.45) is 0.885. The van der Waals surface area contributed by atoms with Crippen LogP contribution in [0.5, 0.6) is 5.75 Å². The van der Waals surface area contributed by atoms with Crippen molar-refractivity contribution in [2.75, 3.05) is 24.2 Å². The summed E-state index contributed by atoms with van der Waals surface area (Å²) in [6.45, 7) is 5.23. The van der Waals surface area contributed by atoms with Gasteiger partial charge in [-0.3, -0.25) is 4.79 Å². The number of anilines is 3. The fraction of sp³-hybridized carbons (Fsp3) is 0.278. The monoisotopic (exact) mass is 313 g/mol. The SMILES string of the molecule is CCCNC(=O)c1cc(N)ccc1Nc1ccc(OCC)cc1. The van der Waals surface area contributed by atoms with Crippen molar-refractivity contribution in [3.05, 3.63) is 48.0 Å². The molecule has 5 nitrogen and oxygen atoms in total. The van der Waals surface area contributed by atoms with Crippen LogP contribution in [0.4, 0.5) is 17.1 Å². The summed E-state index contributed by atoms with van der Waals surface area (Å²) in [4.78, 5) is 12.3. The van der Waals surface area contributed by atoms with Crippen LogP contribution in [0.2, 0.25) is 0 Å². The molecule has 4 N–H and O–H groups in total. The molecule has 5 heteroatoms. The second-order valence-corrected chi connectivity index (χ2v) is 5.14. The van der Waals surface area contributed by atoms with E-state index in [1.807, 2.05) is 44.2 Å². The summed E-state index contributed by atoms with van der Waals surface area (Å²) < 4.78 is 5.42. The average molecular weight is 313 g/mol. The van der Waals surface area contributed by atoms with E-state index in [0.29, 0.717) is 24.4 Å². The summed E-state index contributed by atoms with van der Waals surface area (Å²) >= 11 is 0. The quantitative estimate of drug-likeness (QED) is 0.683. The Bertz CT molecular complexity index is 654. The summed E-state index contributed by atoms with van der Waals surface area (Å²) in [5.74, 6) is 0.684. The number of nitrogens with one attached hydrogen (secondary N) is 2. The van der Waals surface area contributed by atoms with Crippen molar-refractivity contribution in [3.8, 4) is 5.75 Å². The molecule has 2 aromatic rings. The Morgan fingerprint density at radius 2 is 1.87 bits per heavy atom. The van der Waals surface area contributed by atoms with Gasteiger partial charge < -0.3 is 21.1 Å². The van der Waals surface area contributed by atoms with Gasteiger partial charge in [0, 0.05) is 17.9 Å². The van der Waals surface area contributed by atoms with Crippen LogP contribution in [0.3, 0.4) is 0 Å². The molecule has 0 heterocycles. The van der Waals surface area contributed by atoms with Gasteiger partial charge in [0.15, 0.2) is 0 Å². The van der Waals surface area contributed by atoms with Crippen molar-refractivity contribution in [3.63, 3.8) is 0 Å². The van der Waals surface area contributed by atoms with Crippen LogP contribution in [0.25, 0.3) is 0 Å². The summed E-state index contributed by atoms with van der Waals surface area (Å²) in [7, 11) is 0. The second-order valence-electron chi connectivity index (χ2n) is 5.14. The molecule has 0 aliphatic heterocycles. The number of nitrogen functional groups attached to an aromatic ring is 1. The third-order valence-electron chi connectivity index (χ3n) is 3.27. The van der Waals surface area contributed by atoms with E-state index in [9.17, 15) is 4.79 Å². The van der Waals surface area contributed by atoms with Crippen LogP contribution in [0.15, 0.2) is 42.5 Å². The molecule has 0 atom stereocenters. The molecule has 0 aliphatic rings. The minimum atomic E-state index is -0.132. The number of nitrogens with two attached hydrogens (primary N) is 1. The van der Waals surface area contributed by atoms with Crippen LogP contribution >= 0.6 is 0 Å². The molecule has 0 saturated carbocycles. The maximum Gasteiger partial charge on any atom is 0.253 e. The highest BCUT2D eigenvalue weighted by atomic mass is 16.5. The van der Waals surface area contributed by atoms with E-state index < -0.39 is 0 Å². The zero-order chi connectivity index (χ0) is 16.7. The molecule has 0 aromatic heterocycles. The van der Waals surface area contributed by atoms with Gasteiger partial charge in [-0.05, 0) is 55.8 Å². The molecule has 0 saturated heterocycles. The molecule has 2 rings (SSSR count). The third-order valence-corrected chi connectivity index (χ3v) is 3.27. The van der Waals surface area contributed by atoms with Gasteiger partial charge in [0.05, 0.1) is 17.9 Å². The van der Waals surface area contributed by atoms with Crippen LogP contribution in [0.1, 0.15) is 30.6 Å². The first-order valence-electron chi connectivity index (χ1n) is 7.81. The van der Waals surface area contributed by atoms with Crippen molar-refractivity contribution < 1.29 is 9.53 Å². The molecule has 122 valence electrons. The topological polar surface area (TPSA) is 76.4 Å². The van der Waals surface area contributed by atoms with E-state index in [-0.39, 0.29) is 5.91 Å². The fourth-order valence-corrected chi connectivity index (χ4v) is 2.15. The highest BCUT2D eigenvalue weighted by Crippen LogP contribution is 2.24. The number of benzene rings is 2. The molecular formula is C18H23N3O2. The Kier molecular flexibility index (Phi) is 5.86. The Balaban J connectivity index is 2.19. The number of carbonyl (C=O) groups excluding carboxylic acids is 1.